The molecule has 156 valence electrons. The van der Waals surface area contributed by atoms with Gasteiger partial charge in [-0.25, -0.2) is 0 Å². The Bertz CT molecular complexity index is 1170. The van der Waals surface area contributed by atoms with Gasteiger partial charge in [-0.3, -0.25) is 9.59 Å². The van der Waals surface area contributed by atoms with Gasteiger partial charge in [0.25, 0.3) is 11.7 Å². The van der Waals surface area contributed by atoms with E-state index in [0.717, 1.165) is 5.56 Å². The fourth-order valence-electron chi connectivity index (χ4n) is 3.58. The van der Waals surface area contributed by atoms with Crippen LogP contribution in [0.4, 0.5) is 0 Å². The molecule has 31 heavy (non-hydrogen) atoms. The van der Waals surface area contributed by atoms with E-state index in [9.17, 15) is 14.7 Å². The maximum atomic E-state index is 13.0. The van der Waals surface area contributed by atoms with Crippen molar-refractivity contribution >= 4 is 52.3 Å². The maximum Gasteiger partial charge on any atom is 0.295 e. The standard InChI is InChI=1S/C24H16Cl3NO3/c25-17-7-1-14(2-8-17)13-28-21(15-3-9-18(26)10-4-15)20(23(30)24(28)31)22(29)16-5-11-19(27)12-6-16/h1-12,21,29H,13H2/b22-20+. The number of amides is 1. The smallest absolute Gasteiger partial charge is 0.295 e. The average molecular weight is 473 g/mol. The number of carbonyl (C=O) groups excluding carboxylic acids is 2. The highest BCUT2D eigenvalue weighted by Gasteiger charge is 2.46. The molecule has 1 aliphatic heterocycles. The number of ketones is 1. The van der Waals surface area contributed by atoms with Crippen LogP contribution in [-0.4, -0.2) is 21.7 Å². The zero-order chi connectivity index (χ0) is 22.1. The molecule has 0 radical (unpaired) electrons. The molecule has 1 unspecified atom stereocenters. The minimum atomic E-state index is -0.774. The molecule has 4 nitrogen and oxygen atoms in total. The Labute approximate surface area is 194 Å². The number of hydrogen-bond acceptors (Lipinski definition) is 3. The van der Waals surface area contributed by atoms with Crippen LogP contribution in [0, 0.1) is 0 Å². The molecule has 7 heteroatoms. The van der Waals surface area contributed by atoms with Gasteiger partial charge in [0.15, 0.2) is 0 Å². The molecule has 1 atom stereocenters. The molecule has 0 bridgehead atoms. The second kappa shape index (κ2) is 8.75. The summed E-state index contributed by atoms with van der Waals surface area (Å²) in [7, 11) is 0. The van der Waals surface area contributed by atoms with Crippen LogP contribution in [0.1, 0.15) is 22.7 Å². The number of halogens is 3. The van der Waals surface area contributed by atoms with Crippen LogP contribution < -0.4 is 0 Å². The average Bonchev–Trinajstić information content (AvgIpc) is 3.01. The van der Waals surface area contributed by atoms with Crippen molar-refractivity contribution in [3.63, 3.8) is 0 Å². The molecule has 3 aromatic rings. The first-order valence-electron chi connectivity index (χ1n) is 9.39. The summed E-state index contributed by atoms with van der Waals surface area (Å²) in [5.41, 5.74) is 1.88. The topological polar surface area (TPSA) is 57.6 Å². The van der Waals surface area contributed by atoms with Crippen molar-refractivity contribution in [1.29, 1.82) is 0 Å². The van der Waals surface area contributed by atoms with Crippen molar-refractivity contribution in [2.75, 3.05) is 0 Å². The van der Waals surface area contributed by atoms with Gasteiger partial charge < -0.3 is 10.0 Å². The number of aliphatic hydroxyl groups is 1. The predicted molar refractivity (Wildman–Crippen MR) is 122 cm³/mol. The molecule has 0 spiro atoms. The number of benzene rings is 3. The van der Waals surface area contributed by atoms with Crippen molar-refractivity contribution in [2.45, 2.75) is 12.6 Å². The number of nitrogens with zero attached hydrogens (tertiary/aromatic N) is 1. The van der Waals surface area contributed by atoms with E-state index < -0.39 is 17.7 Å². The number of Topliss-reactive ketones (excluding diaryl/α,β-unsaturated/α-hetero) is 1. The Balaban J connectivity index is 1.84. The molecule has 0 aliphatic carbocycles. The van der Waals surface area contributed by atoms with Crippen molar-refractivity contribution in [2.24, 2.45) is 0 Å². The predicted octanol–water partition coefficient (Wildman–Crippen LogP) is 6.27. The van der Waals surface area contributed by atoms with Gasteiger partial charge in [-0.05, 0) is 59.7 Å². The fourth-order valence-corrected chi connectivity index (χ4v) is 3.96. The Morgan fingerprint density at radius 3 is 1.81 bits per heavy atom. The van der Waals surface area contributed by atoms with E-state index in [1.165, 1.54) is 4.90 Å². The molecular formula is C24H16Cl3NO3. The van der Waals surface area contributed by atoms with Crippen LogP contribution >= 0.6 is 34.8 Å². The number of aliphatic hydroxyl groups excluding tert-OH is 1. The molecule has 1 amide bonds. The highest BCUT2D eigenvalue weighted by atomic mass is 35.5. The lowest BCUT2D eigenvalue weighted by molar-refractivity contribution is -0.140. The summed E-state index contributed by atoms with van der Waals surface area (Å²) in [5, 5.41) is 12.6. The van der Waals surface area contributed by atoms with Crippen LogP contribution in [0.15, 0.2) is 78.4 Å². The second-order valence-corrected chi connectivity index (χ2v) is 8.42. The third kappa shape index (κ3) is 4.33. The van der Waals surface area contributed by atoms with E-state index in [0.29, 0.717) is 26.2 Å². The minimum absolute atomic E-state index is 0.0172. The summed E-state index contributed by atoms with van der Waals surface area (Å²) in [6.07, 6.45) is 0. The summed E-state index contributed by atoms with van der Waals surface area (Å²) in [5.74, 6) is -1.69. The van der Waals surface area contributed by atoms with Crippen LogP contribution in [0.25, 0.3) is 5.76 Å². The van der Waals surface area contributed by atoms with Gasteiger partial charge in [0, 0.05) is 27.2 Å². The fraction of sp³-hybridized carbons (Fsp3) is 0.0833. The van der Waals surface area contributed by atoms with Gasteiger partial charge in [0.1, 0.15) is 5.76 Å². The van der Waals surface area contributed by atoms with E-state index in [2.05, 4.69) is 0 Å². The van der Waals surface area contributed by atoms with Crippen molar-refractivity contribution in [1.82, 2.24) is 4.90 Å². The molecule has 1 saturated heterocycles. The lowest BCUT2D eigenvalue weighted by Gasteiger charge is -2.25. The summed E-state index contributed by atoms with van der Waals surface area (Å²) in [4.78, 5) is 27.4. The van der Waals surface area contributed by atoms with Gasteiger partial charge in [0.2, 0.25) is 0 Å². The molecule has 0 aromatic heterocycles. The van der Waals surface area contributed by atoms with Gasteiger partial charge in [-0.2, -0.15) is 0 Å². The maximum absolute atomic E-state index is 13.0. The monoisotopic (exact) mass is 471 g/mol. The quantitative estimate of drug-likeness (QED) is 0.277. The van der Waals surface area contributed by atoms with Crippen molar-refractivity contribution in [3.8, 4) is 0 Å². The van der Waals surface area contributed by atoms with Gasteiger partial charge >= 0.3 is 0 Å². The minimum Gasteiger partial charge on any atom is -0.507 e. The lowest BCUT2D eigenvalue weighted by atomic mass is 9.95. The molecular weight excluding hydrogens is 457 g/mol. The molecule has 0 saturated carbocycles. The third-order valence-electron chi connectivity index (χ3n) is 5.11. The lowest BCUT2D eigenvalue weighted by Crippen LogP contribution is -2.29. The van der Waals surface area contributed by atoms with E-state index in [1.807, 2.05) is 0 Å². The number of likely N-dealkylation sites (tertiary alicyclic amines) is 1. The van der Waals surface area contributed by atoms with Crippen LogP contribution in [0.3, 0.4) is 0 Å². The molecule has 3 aromatic carbocycles. The van der Waals surface area contributed by atoms with Gasteiger partial charge in [-0.15, -0.1) is 0 Å². The van der Waals surface area contributed by atoms with Crippen molar-refractivity contribution in [3.05, 3.63) is 110 Å². The second-order valence-electron chi connectivity index (χ2n) is 7.11. The van der Waals surface area contributed by atoms with Crippen LogP contribution in [0.2, 0.25) is 15.1 Å². The first-order valence-corrected chi connectivity index (χ1v) is 10.5. The van der Waals surface area contributed by atoms with E-state index in [-0.39, 0.29) is 17.9 Å². The zero-order valence-corrected chi connectivity index (χ0v) is 18.3. The van der Waals surface area contributed by atoms with Gasteiger partial charge in [-0.1, -0.05) is 59.1 Å². The van der Waals surface area contributed by atoms with E-state index in [4.69, 9.17) is 34.8 Å². The third-order valence-corrected chi connectivity index (χ3v) is 5.87. The largest absolute Gasteiger partial charge is 0.507 e. The molecule has 1 fully saturated rings. The molecule has 1 aliphatic rings. The number of rotatable bonds is 4. The molecule has 1 heterocycles. The Morgan fingerprint density at radius 2 is 1.26 bits per heavy atom. The number of hydrogen-bond donors (Lipinski definition) is 1. The Hall–Kier alpha value is -2.79. The normalized spacial score (nSPS) is 17.9. The Kier molecular flexibility index (Phi) is 6.05. The summed E-state index contributed by atoms with van der Waals surface area (Å²) < 4.78 is 0. The van der Waals surface area contributed by atoms with Crippen LogP contribution in [0.5, 0.6) is 0 Å². The first kappa shape index (κ1) is 21.4. The zero-order valence-electron chi connectivity index (χ0n) is 16.1. The summed E-state index contributed by atoms with van der Waals surface area (Å²) >= 11 is 17.9. The summed E-state index contributed by atoms with van der Waals surface area (Å²) in [6.45, 7) is 0.173. The van der Waals surface area contributed by atoms with Crippen LogP contribution in [-0.2, 0) is 16.1 Å². The Morgan fingerprint density at radius 1 is 0.774 bits per heavy atom. The van der Waals surface area contributed by atoms with E-state index in [1.54, 1.807) is 72.8 Å². The van der Waals surface area contributed by atoms with Crippen molar-refractivity contribution < 1.29 is 14.7 Å². The number of carbonyl (C=O) groups is 2. The highest BCUT2D eigenvalue weighted by Crippen LogP contribution is 2.40. The summed E-state index contributed by atoms with van der Waals surface area (Å²) in [6, 6.07) is 19.5. The first-order chi connectivity index (χ1) is 14.8. The molecule has 4 rings (SSSR count). The molecule has 1 N–H and O–H groups in total. The highest BCUT2D eigenvalue weighted by molar-refractivity contribution is 6.46. The van der Waals surface area contributed by atoms with E-state index >= 15 is 0 Å². The SMILES string of the molecule is O=C1C(=O)N(Cc2ccc(Cl)cc2)C(c2ccc(Cl)cc2)/C1=C(\O)c1ccc(Cl)cc1. The van der Waals surface area contributed by atoms with Gasteiger partial charge in [0.05, 0.1) is 11.6 Å².